The number of esters is 1. The number of benzene rings is 5. The van der Waals surface area contributed by atoms with Crippen LogP contribution in [0.25, 0.3) is 21.5 Å². The Morgan fingerprint density at radius 1 is 0.771 bits per heavy atom. The minimum Gasteiger partial charge on any atom is -0.422 e. The Labute approximate surface area is 202 Å². The van der Waals surface area contributed by atoms with E-state index >= 15 is 0 Å². The van der Waals surface area contributed by atoms with Crippen molar-refractivity contribution in [1.82, 2.24) is 5.43 Å². The number of ether oxygens (including phenoxy) is 1. The molecular formula is C30H22N2O3. The van der Waals surface area contributed by atoms with Gasteiger partial charge >= 0.3 is 5.97 Å². The Kier molecular flexibility index (Phi) is 6.05. The van der Waals surface area contributed by atoms with Crippen molar-refractivity contribution in [2.45, 2.75) is 6.92 Å². The van der Waals surface area contributed by atoms with Crippen molar-refractivity contribution in [2.24, 2.45) is 5.10 Å². The van der Waals surface area contributed by atoms with E-state index in [1.807, 2.05) is 85.8 Å². The van der Waals surface area contributed by atoms with E-state index in [1.54, 1.807) is 24.3 Å². The number of amides is 1. The zero-order valence-corrected chi connectivity index (χ0v) is 19.1. The van der Waals surface area contributed by atoms with Gasteiger partial charge in [0, 0.05) is 11.1 Å². The highest BCUT2D eigenvalue weighted by atomic mass is 16.5. The van der Waals surface area contributed by atoms with E-state index in [1.165, 1.54) is 6.21 Å². The third kappa shape index (κ3) is 4.66. The van der Waals surface area contributed by atoms with Crippen molar-refractivity contribution in [3.8, 4) is 5.75 Å². The Morgan fingerprint density at radius 2 is 1.46 bits per heavy atom. The summed E-state index contributed by atoms with van der Waals surface area (Å²) in [5.74, 6) is -0.423. The summed E-state index contributed by atoms with van der Waals surface area (Å²) < 4.78 is 5.75. The molecule has 5 heteroatoms. The van der Waals surface area contributed by atoms with Gasteiger partial charge in [-0.2, -0.15) is 5.10 Å². The lowest BCUT2D eigenvalue weighted by Gasteiger charge is -2.11. The summed E-state index contributed by atoms with van der Waals surface area (Å²) in [6.45, 7) is 1.92. The summed E-state index contributed by atoms with van der Waals surface area (Å²) in [5.41, 5.74) is 5.18. The smallest absolute Gasteiger partial charge is 0.343 e. The van der Waals surface area contributed by atoms with Crippen LogP contribution in [-0.4, -0.2) is 18.1 Å². The number of nitrogens with zero attached hydrogens (tertiary/aromatic N) is 1. The van der Waals surface area contributed by atoms with Crippen molar-refractivity contribution in [1.29, 1.82) is 0 Å². The quantitative estimate of drug-likeness (QED) is 0.146. The molecule has 35 heavy (non-hydrogen) atoms. The molecule has 0 unspecified atom stereocenters. The number of fused-ring (bicyclic) bond motifs is 2. The molecule has 5 nitrogen and oxygen atoms in total. The maximum atomic E-state index is 12.9. The Hall–Kier alpha value is -4.77. The number of hydrazone groups is 1. The number of hydrogen-bond acceptors (Lipinski definition) is 4. The second kappa shape index (κ2) is 9.61. The second-order valence-corrected chi connectivity index (χ2v) is 8.18. The van der Waals surface area contributed by atoms with Gasteiger partial charge in [-0.15, -0.1) is 0 Å². The Bertz CT molecular complexity index is 1600. The molecule has 0 radical (unpaired) electrons. The molecule has 170 valence electrons. The van der Waals surface area contributed by atoms with Crippen LogP contribution in [-0.2, 0) is 0 Å². The lowest BCUT2D eigenvalue weighted by Crippen LogP contribution is -2.18. The third-order valence-electron chi connectivity index (χ3n) is 5.78. The average Bonchev–Trinajstić information content (AvgIpc) is 2.89. The van der Waals surface area contributed by atoms with Crippen molar-refractivity contribution in [2.75, 3.05) is 0 Å². The van der Waals surface area contributed by atoms with Crippen molar-refractivity contribution in [3.05, 3.63) is 125 Å². The number of carbonyl (C=O) groups is 2. The molecule has 0 atom stereocenters. The molecule has 5 aromatic carbocycles. The van der Waals surface area contributed by atoms with E-state index in [0.29, 0.717) is 22.4 Å². The number of aryl methyl sites for hydroxylation is 1. The van der Waals surface area contributed by atoms with Crippen LogP contribution in [0.4, 0.5) is 0 Å². The lowest BCUT2D eigenvalue weighted by molar-refractivity contribution is 0.0734. The summed E-state index contributed by atoms with van der Waals surface area (Å²) in [6, 6.07) is 31.8. The largest absolute Gasteiger partial charge is 0.422 e. The van der Waals surface area contributed by atoms with E-state index in [2.05, 4.69) is 10.5 Å². The van der Waals surface area contributed by atoms with Gasteiger partial charge in [0.2, 0.25) is 0 Å². The maximum absolute atomic E-state index is 12.9. The average molecular weight is 459 g/mol. The minimum atomic E-state index is -0.460. The Morgan fingerprint density at radius 3 is 2.26 bits per heavy atom. The summed E-state index contributed by atoms with van der Waals surface area (Å²) >= 11 is 0. The maximum Gasteiger partial charge on any atom is 0.343 e. The molecule has 0 aromatic heterocycles. The first-order valence-corrected chi connectivity index (χ1v) is 11.2. The number of hydrogen-bond donors (Lipinski definition) is 1. The topological polar surface area (TPSA) is 67.8 Å². The summed E-state index contributed by atoms with van der Waals surface area (Å²) in [7, 11) is 0. The van der Waals surface area contributed by atoms with Crippen molar-refractivity contribution < 1.29 is 14.3 Å². The SMILES string of the molecule is Cc1cccc(C(=O)Oc2ccc3ccccc3c2C=NNC(=O)c2cccc3ccccc23)c1. The first-order chi connectivity index (χ1) is 17.1. The van der Waals surface area contributed by atoms with Gasteiger partial charge in [-0.1, -0.05) is 84.4 Å². The molecule has 1 amide bonds. The molecule has 0 aliphatic heterocycles. The Balaban J connectivity index is 1.45. The van der Waals surface area contributed by atoms with E-state index in [9.17, 15) is 9.59 Å². The number of carbonyl (C=O) groups excluding carboxylic acids is 2. The van der Waals surface area contributed by atoms with Crippen LogP contribution in [0.2, 0.25) is 0 Å². The van der Waals surface area contributed by atoms with E-state index in [0.717, 1.165) is 27.1 Å². The molecule has 0 fully saturated rings. The standard InChI is InChI=1S/C30H22N2O3/c1-20-8-6-12-23(18-20)30(34)35-28-17-16-22-10-3-5-14-25(22)27(28)19-31-32-29(33)26-15-7-11-21-9-2-4-13-24(21)26/h2-19H,1H3,(H,32,33). The van der Waals surface area contributed by atoms with Crippen LogP contribution in [0.15, 0.2) is 108 Å². The van der Waals surface area contributed by atoms with Gasteiger partial charge in [0.15, 0.2) is 0 Å². The molecule has 0 spiro atoms. The third-order valence-corrected chi connectivity index (χ3v) is 5.78. The van der Waals surface area contributed by atoms with E-state index in [-0.39, 0.29) is 5.91 Å². The molecule has 1 N–H and O–H groups in total. The van der Waals surface area contributed by atoms with E-state index < -0.39 is 5.97 Å². The number of nitrogens with one attached hydrogen (secondary N) is 1. The van der Waals surface area contributed by atoms with Gasteiger partial charge < -0.3 is 4.74 Å². The second-order valence-electron chi connectivity index (χ2n) is 8.18. The van der Waals surface area contributed by atoms with Crippen LogP contribution < -0.4 is 10.2 Å². The van der Waals surface area contributed by atoms with Gasteiger partial charge in [0.1, 0.15) is 5.75 Å². The van der Waals surface area contributed by atoms with Gasteiger partial charge in [0.25, 0.3) is 5.91 Å². The van der Waals surface area contributed by atoms with Crippen LogP contribution >= 0.6 is 0 Å². The zero-order chi connectivity index (χ0) is 24.2. The lowest BCUT2D eigenvalue weighted by atomic mass is 10.0. The minimum absolute atomic E-state index is 0.323. The van der Waals surface area contributed by atoms with Crippen molar-refractivity contribution in [3.63, 3.8) is 0 Å². The molecule has 5 aromatic rings. The number of rotatable bonds is 5. The zero-order valence-electron chi connectivity index (χ0n) is 19.1. The van der Waals surface area contributed by atoms with Gasteiger partial charge in [0.05, 0.1) is 11.8 Å². The molecule has 0 bridgehead atoms. The highest BCUT2D eigenvalue weighted by molar-refractivity contribution is 6.08. The molecular weight excluding hydrogens is 436 g/mol. The predicted octanol–water partition coefficient (Wildman–Crippen LogP) is 6.28. The van der Waals surface area contributed by atoms with Gasteiger partial charge in [-0.25, -0.2) is 10.2 Å². The molecule has 0 saturated heterocycles. The fourth-order valence-electron chi connectivity index (χ4n) is 4.07. The fourth-order valence-corrected chi connectivity index (χ4v) is 4.07. The first-order valence-electron chi connectivity index (χ1n) is 11.2. The normalized spacial score (nSPS) is 11.1. The molecule has 0 heterocycles. The highest BCUT2D eigenvalue weighted by Crippen LogP contribution is 2.27. The van der Waals surface area contributed by atoms with Crippen LogP contribution in [0.5, 0.6) is 5.75 Å². The summed E-state index contributed by atoms with van der Waals surface area (Å²) in [4.78, 5) is 25.7. The fraction of sp³-hybridized carbons (Fsp3) is 0.0333. The van der Waals surface area contributed by atoms with Gasteiger partial charge in [-0.05, 0) is 52.7 Å². The first kappa shape index (κ1) is 22.0. The van der Waals surface area contributed by atoms with Crippen LogP contribution in [0.3, 0.4) is 0 Å². The van der Waals surface area contributed by atoms with Crippen LogP contribution in [0.1, 0.15) is 31.8 Å². The predicted molar refractivity (Wildman–Crippen MR) is 139 cm³/mol. The molecule has 5 rings (SSSR count). The van der Waals surface area contributed by atoms with Crippen molar-refractivity contribution >= 4 is 39.6 Å². The molecule has 0 saturated carbocycles. The summed E-state index contributed by atoms with van der Waals surface area (Å²) in [5, 5.41) is 7.85. The summed E-state index contributed by atoms with van der Waals surface area (Å²) in [6.07, 6.45) is 1.52. The van der Waals surface area contributed by atoms with Crippen LogP contribution in [0, 0.1) is 6.92 Å². The highest BCUT2D eigenvalue weighted by Gasteiger charge is 2.14. The van der Waals surface area contributed by atoms with E-state index in [4.69, 9.17) is 4.74 Å². The monoisotopic (exact) mass is 458 g/mol. The molecule has 0 aliphatic carbocycles. The molecule has 0 aliphatic rings. The van der Waals surface area contributed by atoms with Gasteiger partial charge in [-0.3, -0.25) is 4.79 Å².